The molecule has 4 aliphatic rings. The van der Waals surface area contributed by atoms with Crippen LogP contribution >= 0.6 is 0 Å². The first-order valence-corrected chi connectivity index (χ1v) is 12.0. The molecule has 4 fully saturated rings. The molecule has 6 nitrogen and oxygen atoms in total. The topological polar surface area (TPSA) is 106 Å². The molecule has 0 aliphatic heterocycles. The van der Waals surface area contributed by atoms with Crippen molar-refractivity contribution in [2.24, 2.45) is 28.3 Å². The van der Waals surface area contributed by atoms with Crippen LogP contribution in [0.1, 0.15) is 52.4 Å². The maximum absolute atomic E-state index is 12.7. The molecule has 0 aromatic heterocycles. The van der Waals surface area contributed by atoms with E-state index >= 15 is 0 Å². The minimum absolute atomic E-state index is 0.0422. The summed E-state index contributed by atoms with van der Waals surface area (Å²) < 4.78 is 22.7. The number of sulfonamides is 1. The van der Waals surface area contributed by atoms with E-state index in [4.69, 9.17) is 5.14 Å². The molecular formula is C21H32N3O3S+. The van der Waals surface area contributed by atoms with Gasteiger partial charge < -0.3 is 10.6 Å². The van der Waals surface area contributed by atoms with E-state index in [9.17, 15) is 13.2 Å². The van der Waals surface area contributed by atoms with E-state index in [0.717, 1.165) is 17.8 Å². The van der Waals surface area contributed by atoms with Crippen molar-refractivity contribution in [3.8, 4) is 0 Å². The number of primary sulfonamides is 1. The van der Waals surface area contributed by atoms with Gasteiger partial charge in [-0.2, -0.15) is 0 Å². The number of hydrogen-bond donors (Lipinski definition) is 3. The van der Waals surface area contributed by atoms with Crippen LogP contribution < -0.4 is 15.8 Å². The van der Waals surface area contributed by atoms with Crippen molar-refractivity contribution >= 4 is 21.6 Å². The molecule has 5 rings (SSSR count). The molecule has 1 amide bonds. The van der Waals surface area contributed by atoms with E-state index in [1.807, 2.05) is 6.92 Å². The fourth-order valence-electron chi connectivity index (χ4n) is 6.44. The molecule has 0 heterocycles. The second-order valence-corrected chi connectivity index (χ2v) is 11.2. The van der Waals surface area contributed by atoms with Crippen molar-refractivity contribution < 1.29 is 18.5 Å². The Morgan fingerprint density at radius 1 is 1.07 bits per heavy atom. The molecule has 4 saturated carbocycles. The molecule has 154 valence electrons. The van der Waals surface area contributed by atoms with Crippen molar-refractivity contribution in [3.05, 3.63) is 24.3 Å². The van der Waals surface area contributed by atoms with Crippen LogP contribution in [-0.2, 0) is 14.8 Å². The van der Waals surface area contributed by atoms with Gasteiger partial charge in [-0.1, -0.05) is 0 Å². The predicted octanol–water partition coefficient (Wildman–Crippen LogP) is 1.83. The summed E-state index contributed by atoms with van der Waals surface area (Å²) in [5, 5.41) is 10.2. The van der Waals surface area contributed by atoms with Crippen molar-refractivity contribution in [2.75, 3.05) is 5.32 Å². The number of carbonyl (C=O) groups excluding carboxylic acids is 1. The largest absolute Gasteiger partial charge is 0.334 e. The summed E-state index contributed by atoms with van der Waals surface area (Å²) in [5.41, 5.74) is 0.987. The van der Waals surface area contributed by atoms with E-state index in [-0.39, 0.29) is 16.8 Å². The third-order valence-electron chi connectivity index (χ3n) is 7.49. The maximum atomic E-state index is 12.7. The highest BCUT2D eigenvalue weighted by molar-refractivity contribution is 7.89. The number of carbonyl (C=O) groups is 1. The average Bonchev–Trinajstić information content (AvgIpc) is 2.60. The van der Waals surface area contributed by atoms with Crippen LogP contribution in [0, 0.1) is 23.2 Å². The fourth-order valence-corrected chi connectivity index (χ4v) is 6.96. The third-order valence-corrected chi connectivity index (χ3v) is 8.42. The molecule has 2 atom stereocenters. The lowest BCUT2D eigenvalue weighted by Crippen LogP contribution is -2.98. The Bertz CT molecular complexity index is 815. The van der Waals surface area contributed by atoms with Gasteiger partial charge in [0.05, 0.1) is 10.9 Å². The van der Waals surface area contributed by atoms with Crippen LogP contribution in [-0.4, -0.2) is 26.4 Å². The summed E-state index contributed by atoms with van der Waals surface area (Å²) in [6.45, 7) is 4.25. The number of anilines is 1. The monoisotopic (exact) mass is 406 g/mol. The van der Waals surface area contributed by atoms with Crippen molar-refractivity contribution in [2.45, 2.75) is 69.4 Å². The Kier molecular flexibility index (Phi) is 5.04. The van der Waals surface area contributed by atoms with Crippen LogP contribution in [0.25, 0.3) is 0 Å². The van der Waals surface area contributed by atoms with E-state index in [2.05, 4.69) is 17.6 Å². The van der Waals surface area contributed by atoms with Gasteiger partial charge in [0.1, 0.15) is 0 Å². The summed E-state index contributed by atoms with van der Waals surface area (Å²) in [6.07, 6.45) is 8.28. The molecule has 5 N–H and O–H groups in total. The Labute approximate surface area is 167 Å². The summed E-state index contributed by atoms with van der Waals surface area (Å²) in [6, 6.07) is 6.22. The van der Waals surface area contributed by atoms with Gasteiger partial charge in [0.15, 0.2) is 6.04 Å². The Hall–Kier alpha value is -1.44. The quantitative estimate of drug-likeness (QED) is 0.671. The summed E-state index contributed by atoms with van der Waals surface area (Å²) >= 11 is 0. The Balaban J connectivity index is 1.37. The second kappa shape index (κ2) is 7.11. The molecule has 4 aliphatic carbocycles. The highest BCUT2D eigenvalue weighted by Crippen LogP contribution is 2.60. The summed E-state index contributed by atoms with van der Waals surface area (Å²) in [5.74, 6) is 2.66. The highest BCUT2D eigenvalue weighted by Gasteiger charge is 2.54. The lowest BCUT2D eigenvalue weighted by atomic mass is 9.48. The van der Waals surface area contributed by atoms with Gasteiger partial charge in [-0.25, -0.2) is 13.6 Å². The van der Waals surface area contributed by atoms with Crippen LogP contribution in [0.15, 0.2) is 29.2 Å². The van der Waals surface area contributed by atoms with E-state index in [0.29, 0.717) is 17.1 Å². The first-order chi connectivity index (χ1) is 13.1. The van der Waals surface area contributed by atoms with E-state index < -0.39 is 10.0 Å². The minimum atomic E-state index is -3.72. The van der Waals surface area contributed by atoms with Gasteiger partial charge in [-0.15, -0.1) is 0 Å². The van der Waals surface area contributed by atoms with Gasteiger partial charge in [0.25, 0.3) is 5.91 Å². The lowest BCUT2D eigenvalue weighted by molar-refractivity contribution is -0.718. The Morgan fingerprint density at radius 2 is 1.57 bits per heavy atom. The minimum Gasteiger partial charge on any atom is -0.334 e. The zero-order valence-corrected chi connectivity index (χ0v) is 17.5. The number of nitrogens with two attached hydrogens (primary N) is 2. The zero-order valence-electron chi connectivity index (χ0n) is 16.7. The third kappa shape index (κ3) is 3.84. The van der Waals surface area contributed by atoms with Crippen LogP contribution in [0.2, 0.25) is 0 Å². The zero-order chi connectivity index (χ0) is 20.1. The van der Waals surface area contributed by atoms with Crippen LogP contribution in [0.4, 0.5) is 5.69 Å². The van der Waals surface area contributed by atoms with E-state index in [1.54, 1.807) is 12.1 Å². The Morgan fingerprint density at radius 3 is 2.04 bits per heavy atom. The normalized spacial score (nSPS) is 33.5. The highest BCUT2D eigenvalue weighted by atomic mass is 32.2. The lowest BCUT2D eigenvalue weighted by Gasteiger charge is -2.58. The number of benzene rings is 1. The summed E-state index contributed by atoms with van der Waals surface area (Å²) in [7, 11) is -3.72. The van der Waals surface area contributed by atoms with Gasteiger partial charge >= 0.3 is 0 Å². The number of nitrogens with one attached hydrogen (secondary N) is 1. The molecular weight excluding hydrogens is 374 g/mol. The molecule has 1 aromatic carbocycles. The van der Waals surface area contributed by atoms with Crippen LogP contribution in [0.3, 0.4) is 0 Å². The van der Waals surface area contributed by atoms with Crippen LogP contribution in [0.5, 0.6) is 0 Å². The smallest absolute Gasteiger partial charge is 0.282 e. The molecule has 7 heteroatoms. The van der Waals surface area contributed by atoms with Crippen molar-refractivity contribution in [1.82, 2.24) is 0 Å². The molecule has 0 saturated heterocycles. The molecule has 28 heavy (non-hydrogen) atoms. The van der Waals surface area contributed by atoms with Gasteiger partial charge in [0, 0.05) is 11.1 Å². The average molecular weight is 407 g/mol. The van der Waals surface area contributed by atoms with Crippen molar-refractivity contribution in [1.29, 1.82) is 0 Å². The molecule has 0 radical (unpaired) electrons. The number of quaternary nitrogens is 1. The van der Waals surface area contributed by atoms with Gasteiger partial charge in [-0.3, -0.25) is 4.79 Å². The molecule has 4 bridgehead atoms. The SMILES string of the molecule is C[C@H]([NH2+][C@H](C)C(=O)Nc1ccc(S(N)(=O)=O)cc1)C12CC3CC(CC(C3)C1)C2. The molecule has 0 unspecified atom stereocenters. The molecule has 0 spiro atoms. The van der Waals surface area contributed by atoms with Crippen molar-refractivity contribution in [3.63, 3.8) is 0 Å². The maximum Gasteiger partial charge on any atom is 0.282 e. The van der Waals surface area contributed by atoms with Gasteiger partial charge in [0.2, 0.25) is 10.0 Å². The standard InChI is InChI=1S/C21H31N3O3S/c1-13(20(25)24-18-3-5-19(6-4-18)28(22,26)27)23-14(2)21-10-15-7-16(11-21)9-17(8-15)12-21/h3-6,13-17,23H,7-12H2,1-2H3,(H,24,25)(H2,22,26,27)/p+1/t13-,14+,15?,16?,17?,21?/m1/s1. The predicted molar refractivity (Wildman–Crippen MR) is 108 cm³/mol. The second-order valence-electron chi connectivity index (χ2n) is 9.61. The fraction of sp³-hybridized carbons (Fsp3) is 0.667. The number of hydrogen-bond acceptors (Lipinski definition) is 3. The first-order valence-electron chi connectivity index (χ1n) is 10.4. The van der Waals surface area contributed by atoms with E-state index in [1.165, 1.54) is 50.7 Å². The summed E-state index contributed by atoms with van der Waals surface area (Å²) in [4.78, 5) is 12.7. The number of amides is 1. The first kappa shape index (κ1) is 19.9. The number of rotatable bonds is 6. The molecule has 1 aromatic rings. The van der Waals surface area contributed by atoms with Gasteiger partial charge in [-0.05, 0) is 94.4 Å².